The Labute approximate surface area is 109 Å². The Balaban J connectivity index is 2.58. The molecule has 2 aromatic rings. The van der Waals surface area contributed by atoms with Gasteiger partial charge in [-0.1, -0.05) is 30.3 Å². The lowest BCUT2D eigenvalue weighted by molar-refractivity contribution is -0.384. The van der Waals surface area contributed by atoms with Gasteiger partial charge in [-0.05, 0) is 17.2 Å². The molecule has 0 unspecified atom stereocenters. The Morgan fingerprint density at radius 2 is 1.79 bits per heavy atom. The summed E-state index contributed by atoms with van der Waals surface area (Å²) >= 11 is 0. The van der Waals surface area contributed by atoms with E-state index in [2.05, 4.69) is 0 Å². The zero-order valence-electron chi connectivity index (χ0n) is 9.95. The lowest BCUT2D eigenvalue weighted by atomic mass is 10.0. The predicted molar refractivity (Wildman–Crippen MR) is 69.9 cm³/mol. The summed E-state index contributed by atoms with van der Waals surface area (Å²) in [6.45, 7) is -0.671. The number of nitro benzene ring substituents is 1. The van der Waals surface area contributed by atoms with Gasteiger partial charge in [0.1, 0.15) is 6.61 Å². The van der Waals surface area contributed by atoms with Crippen molar-refractivity contribution in [2.75, 3.05) is 6.61 Å². The molecule has 0 saturated carbocycles. The normalized spacial score (nSPS) is 10.2. The molecule has 0 amide bonds. The molecule has 1 N–H and O–H groups in total. The minimum atomic E-state index is -0.671. The van der Waals surface area contributed by atoms with Crippen LogP contribution in [0.5, 0.6) is 0 Å². The van der Waals surface area contributed by atoms with E-state index < -0.39 is 17.3 Å². The Bertz CT molecular complexity index is 623. The maximum Gasteiger partial charge on any atom is 0.270 e. The van der Waals surface area contributed by atoms with Crippen LogP contribution < -0.4 is 0 Å². The Kier molecular flexibility index (Phi) is 3.68. The first-order valence-electron chi connectivity index (χ1n) is 5.61. The predicted octanol–water partition coefficient (Wildman–Crippen LogP) is 2.44. The molecule has 0 aliphatic heterocycles. The van der Waals surface area contributed by atoms with E-state index in [1.165, 1.54) is 12.1 Å². The van der Waals surface area contributed by atoms with Crippen molar-refractivity contribution in [2.45, 2.75) is 0 Å². The highest BCUT2D eigenvalue weighted by Gasteiger charge is 2.14. The molecule has 5 nitrogen and oxygen atoms in total. The fraction of sp³-hybridized carbons (Fsp3) is 0.0714. The molecule has 0 fully saturated rings. The van der Waals surface area contributed by atoms with Crippen molar-refractivity contribution >= 4 is 11.5 Å². The number of rotatable bonds is 4. The second-order valence-corrected chi connectivity index (χ2v) is 3.97. The average Bonchev–Trinajstić information content (AvgIpc) is 2.46. The first-order chi connectivity index (χ1) is 9.11. The van der Waals surface area contributed by atoms with Gasteiger partial charge < -0.3 is 5.11 Å². The number of carbonyl (C=O) groups excluding carboxylic acids is 1. The lowest BCUT2D eigenvalue weighted by Gasteiger charge is -2.04. The molecule has 0 atom stereocenters. The zero-order chi connectivity index (χ0) is 13.8. The van der Waals surface area contributed by atoms with Crippen molar-refractivity contribution in [3.63, 3.8) is 0 Å². The second kappa shape index (κ2) is 5.41. The van der Waals surface area contributed by atoms with E-state index in [-0.39, 0.29) is 11.3 Å². The highest BCUT2D eigenvalue weighted by molar-refractivity contribution is 5.98. The van der Waals surface area contributed by atoms with Gasteiger partial charge in [0.05, 0.1) is 4.92 Å². The van der Waals surface area contributed by atoms with E-state index in [1.807, 2.05) is 18.2 Å². The topological polar surface area (TPSA) is 80.4 Å². The number of nitrogens with zero attached hydrogens (tertiary/aromatic N) is 1. The number of hydrogen-bond acceptors (Lipinski definition) is 4. The summed E-state index contributed by atoms with van der Waals surface area (Å²) in [5.41, 5.74) is 1.32. The van der Waals surface area contributed by atoms with Gasteiger partial charge in [-0.2, -0.15) is 0 Å². The molecule has 19 heavy (non-hydrogen) atoms. The van der Waals surface area contributed by atoms with E-state index in [9.17, 15) is 14.9 Å². The van der Waals surface area contributed by atoms with Gasteiger partial charge in [0.15, 0.2) is 5.78 Å². The number of carbonyl (C=O) groups is 1. The van der Waals surface area contributed by atoms with E-state index in [4.69, 9.17) is 5.11 Å². The molecule has 0 aromatic heterocycles. The Morgan fingerprint density at radius 3 is 2.37 bits per heavy atom. The molecular formula is C14H11NO4. The molecule has 2 rings (SSSR count). The van der Waals surface area contributed by atoms with Gasteiger partial charge in [-0.25, -0.2) is 0 Å². The number of benzene rings is 2. The van der Waals surface area contributed by atoms with Gasteiger partial charge in [0.2, 0.25) is 0 Å². The summed E-state index contributed by atoms with van der Waals surface area (Å²) in [7, 11) is 0. The van der Waals surface area contributed by atoms with Gasteiger partial charge in [-0.3, -0.25) is 14.9 Å². The first kappa shape index (κ1) is 12.9. The van der Waals surface area contributed by atoms with Crippen molar-refractivity contribution in [1.82, 2.24) is 0 Å². The summed E-state index contributed by atoms with van der Waals surface area (Å²) in [5, 5.41) is 19.7. The van der Waals surface area contributed by atoms with Crippen LogP contribution in [0.1, 0.15) is 10.4 Å². The van der Waals surface area contributed by atoms with Crippen molar-refractivity contribution in [3.05, 3.63) is 64.2 Å². The molecule has 0 aliphatic rings. The summed E-state index contributed by atoms with van der Waals surface area (Å²) in [5.74, 6) is -0.541. The number of aliphatic hydroxyl groups is 1. The van der Waals surface area contributed by atoms with Gasteiger partial charge in [0, 0.05) is 17.7 Å². The first-order valence-corrected chi connectivity index (χ1v) is 5.61. The molecule has 96 valence electrons. The van der Waals surface area contributed by atoms with E-state index in [1.54, 1.807) is 18.2 Å². The number of non-ortho nitro benzene ring substituents is 1. The molecular weight excluding hydrogens is 246 g/mol. The van der Waals surface area contributed by atoms with Crippen LogP contribution in [-0.2, 0) is 0 Å². The maximum atomic E-state index is 11.5. The van der Waals surface area contributed by atoms with Crippen LogP contribution in [0.15, 0.2) is 48.5 Å². The number of hydrogen-bond donors (Lipinski definition) is 1. The number of ketones is 1. The molecule has 0 spiro atoms. The number of Topliss-reactive ketones (excluding diaryl/α,β-unsaturated/α-hetero) is 1. The third kappa shape index (κ3) is 2.83. The van der Waals surface area contributed by atoms with Crippen LogP contribution in [0, 0.1) is 10.1 Å². The Hall–Kier alpha value is -2.53. The highest BCUT2D eigenvalue weighted by Crippen LogP contribution is 2.26. The third-order valence-corrected chi connectivity index (χ3v) is 2.70. The zero-order valence-corrected chi connectivity index (χ0v) is 9.95. The van der Waals surface area contributed by atoms with Gasteiger partial charge in [-0.15, -0.1) is 0 Å². The molecule has 0 bridgehead atoms. The van der Waals surface area contributed by atoms with Crippen LogP contribution >= 0.6 is 0 Å². The monoisotopic (exact) mass is 257 g/mol. The smallest absolute Gasteiger partial charge is 0.270 e. The molecule has 0 heterocycles. The molecule has 2 aromatic carbocycles. The maximum absolute atomic E-state index is 11.5. The van der Waals surface area contributed by atoms with Crippen LogP contribution in [0.2, 0.25) is 0 Å². The summed E-state index contributed by atoms with van der Waals surface area (Å²) in [4.78, 5) is 21.8. The Morgan fingerprint density at radius 1 is 1.11 bits per heavy atom. The standard InChI is InChI=1S/C14H11NO4/c16-9-14(17)12-6-11(7-13(8-12)15(18)19)10-4-2-1-3-5-10/h1-8,16H,9H2. The highest BCUT2D eigenvalue weighted by atomic mass is 16.6. The summed E-state index contributed by atoms with van der Waals surface area (Å²) in [6.07, 6.45) is 0. The van der Waals surface area contributed by atoms with Crippen molar-refractivity contribution in [3.8, 4) is 11.1 Å². The molecule has 0 saturated heterocycles. The van der Waals surface area contributed by atoms with Crippen LogP contribution in [0.3, 0.4) is 0 Å². The molecule has 0 radical (unpaired) electrons. The van der Waals surface area contributed by atoms with E-state index in [0.29, 0.717) is 5.56 Å². The SMILES string of the molecule is O=C(CO)c1cc(-c2ccccc2)cc([N+](=O)[O-])c1. The molecule has 5 heteroatoms. The quantitative estimate of drug-likeness (QED) is 0.518. The van der Waals surface area contributed by atoms with Crippen LogP contribution in [-0.4, -0.2) is 22.4 Å². The third-order valence-electron chi connectivity index (χ3n) is 2.70. The fourth-order valence-electron chi connectivity index (χ4n) is 1.77. The minimum Gasteiger partial charge on any atom is -0.388 e. The van der Waals surface area contributed by atoms with Crippen molar-refractivity contribution in [1.29, 1.82) is 0 Å². The lowest BCUT2D eigenvalue weighted by Crippen LogP contribution is -2.05. The average molecular weight is 257 g/mol. The van der Waals surface area contributed by atoms with Crippen molar-refractivity contribution < 1.29 is 14.8 Å². The van der Waals surface area contributed by atoms with Gasteiger partial charge >= 0.3 is 0 Å². The largest absolute Gasteiger partial charge is 0.388 e. The number of aliphatic hydroxyl groups excluding tert-OH is 1. The summed E-state index contributed by atoms with van der Waals surface area (Å²) in [6, 6.07) is 13.2. The minimum absolute atomic E-state index is 0.135. The second-order valence-electron chi connectivity index (χ2n) is 3.97. The van der Waals surface area contributed by atoms with E-state index in [0.717, 1.165) is 5.56 Å². The fourth-order valence-corrected chi connectivity index (χ4v) is 1.77. The van der Waals surface area contributed by atoms with Crippen LogP contribution in [0.4, 0.5) is 5.69 Å². The summed E-state index contributed by atoms with van der Waals surface area (Å²) < 4.78 is 0. The van der Waals surface area contributed by atoms with Crippen LogP contribution in [0.25, 0.3) is 11.1 Å². The van der Waals surface area contributed by atoms with Crippen molar-refractivity contribution in [2.24, 2.45) is 0 Å². The molecule has 0 aliphatic carbocycles. The van der Waals surface area contributed by atoms with E-state index >= 15 is 0 Å². The number of nitro groups is 1. The van der Waals surface area contributed by atoms with Gasteiger partial charge in [0.25, 0.3) is 5.69 Å².